The topological polar surface area (TPSA) is 77.2 Å². The standard InChI is InChI=1S/C19H29N3O3/c1-2-24-15-12-14(19(15)10-4-3-5-11-19)20-16(23)8-9-17-21-18(22-25-17)13-6-7-13/h13-15H,2-12H2,1H3,(H,20,23)/t14-,15+/m0/s1. The lowest BCUT2D eigenvalue weighted by molar-refractivity contribution is -0.157. The average Bonchev–Trinajstić information content (AvgIpc) is 3.38. The van der Waals surface area contributed by atoms with Crippen LogP contribution < -0.4 is 5.32 Å². The fraction of sp³-hybridized carbons (Fsp3) is 0.842. The van der Waals surface area contributed by atoms with Gasteiger partial charge >= 0.3 is 0 Å². The maximum Gasteiger partial charge on any atom is 0.227 e. The number of ether oxygens (including phenoxy) is 1. The van der Waals surface area contributed by atoms with Crippen LogP contribution in [0.1, 0.15) is 82.3 Å². The molecular weight excluding hydrogens is 318 g/mol. The molecule has 1 N–H and O–H groups in total. The number of aryl methyl sites for hydroxylation is 1. The fourth-order valence-electron chi connectivity index (χ4n) is 4.63. The van der Waals surface area contributed by atoms with Gasteiger partial charge in [-0.1, -0.05) is 24.4 Å². The molecule has 2 atom stereocenters. The molecule has 1 amide bonds. The molecule has 6 heteroatoms. The first-order valence-electron chi connectivity index (χ1n) is 9.95. The second-order valence-corrected chi connectivity index (χ2v) is 7.91. The van der Waals surface area contributed by atoms with Crippen LogP contribution in [0.4, 0.5) is 0 Å². The number of nitrogens with zero attached hydrogens (tertiary/aromatic N) is 2. The molecule has 1 aromatic rings. The predicted molar refractivity (Wildman–Crippen MR) is 92.1 cm³/mol. The van der Waals surface area contributed by atoms with Gasteiger partial charge in [0.05, 0.1) is 6.10 Å². The van der Waals surface area contributed by atoms with Gasteiger partial charge in [-0.05, 0) is 39.0 Å². The van der Waals surface area contributed by atoms with Crippen molar-refractivity contribution in [2.75, 3.05) is 6.61 Å². The van der Waals surface area contributed by atoms with Gasteiger partial charge in [-0.15, -0.1) is 0 Å². The van der Waals surface area contributed by atoms with Crippen molar-refractivity contribution in [2.45, 2.75) is 89.2 Å². The summed E-state index contributed by atoms with van der Waals surface area (Å²) in [5.74, 6) is 1.99. The molecule has 0 saturated heterocycles. The van der Waals surface area contributed by atoms with E-state index in [0.29, 0.717) is 30.8 Å². The summed E-state index contributed by atoms with van der Waals surface area (Å²) >= 11 is 0. The van der Waals surface area contributed by atoms with Gasteiger partial charge in [0, 0.05) is 36.8 Å². The summed E-state index contributed by atoms with van der Waals surface area (Å²) in [6, 6.07) is 0.265. The quantitative estimate of drug-likeness (QED) is 0.820. The van der Waals surface area contributed by atoms with Crippen molar-refractivity contribution < 1.29 is 14.1 Å². The molecule has 3 saturated carbocycles. The van der Waals surface area contributed by atoms with Crippen LogP contribution in [0.15, 0.2) is 4.52 Å². The zero-order valence-corrected chi connectivity index (χ0v) is 15.1. The molecule has 6 nitrogen and oxygen atoms in total. The van der Waals surface area contributed by atoms with Gasteiger partial charge in [0.2, 0.25) is 11.8 Å². The molecule has 0 aliphatic heterocycles. The first-order valence-corrected chi connectivity index (χ1v) is 9.95. The van der Waals surface area contributed by atoms with E-state index in [1.807, 2.05) is 0 Å². The average molecular weight is 347 g/mol. The van der Waals surface area contributed by atoms with Crippen molar-refractivity contribution in [3.05, 3.63) is 11.7 Å². The molecule has 1 heterocycles. The molecule has 1 aromatic heterocycles. The first-order chi connectivity index (χ1) is 12.2. The lowest BCUT2D eigenvalue weighted by atomic mass is 9.55. The van der Waals surface area contributed by atoms with Gasteiger partial charge < -0.3 is 14.6 Å². The lowest BCUT2D eigenvalue weighted by Crippen LogP contribution is -2.65. The van der Waals surface area contributed by atoms with Crippen LogP contribution in [-0.4, -0.2) is 34.8 Å². The maximum atomic E-state index is 12.4. The minimum absolute atomic E-state index is 0.0936. The molecule has 138 valence electrons. The largest absolute Gasteiger partial charge is 0.378 e. The third-order valence-electron chi connectivity index (χ3n) is 6.26. The van der Waals surface area contributed by atoms with Crippen molar-refractivity contribution in [3.63, 3.8) is 0 Å². The van der Waals surface area contributed by atoms with Crippen molar-refractivity contribution >= 4 is 5.91 Å². The van der Waals surface area contributed by atoms with Gasteiger partial charge in [-0.3, -0.25) is 4.79 Å². The number of nitrogens with one attached hydrogen (secondary N) is 1. The SMILES string of the molecule is CCO[C@@H]1C[C@H](NC(=O)CCc2nc(C3CC3)no2)C12CCCCC2. The van der Waals surface area contributed by atoms with Gasteiger partial charge in [-0.2, -0.15) is 4.98 Å². The highest BCUT2D eigenvalue weighted by Crippen LogP contribution is 2.53. The lowest BCUT2D eigenvalue weighted by Gasteiger charge is -2.57. The summed E-state index contributed by atoms with van der Waals surface area (Å²) < 4.78 is 11.2. The third-order valence-corrected chi connectivity index (χ3v) is 6.26. The van der Waals surface area contributed by atoms with E-state index in [1.165, 1.54) is 32.1 Å². The Bertz CT molecular complexity index is 605. The highest BCUT2D eigenvalue weighted by atomic mass is 16.5. The fourth-order valence-corrected chi connectivity index (χ4v) is 4.63. The summed E-state index contributed by atoms with van der Waals surface area (Å²) in [5, 5.41) is 7.28. The third kappa shape index (κ3) is 3.46. The second-order valence-electron chi connectivity index (χ2n) is 7.91. The molecule has 3 fully saturated rings. The number of hydrogen-bond donors (Lipinski definition) is 1. The highest BCUT2D eigenvalue weighted by molar-refractivity contribution is 5.76. The second kappa shape index (κ2) is 7.06. The first kappa shape index (κ1) is 17.0. The molecule has 0 bridgehead atoms. The molecule has 3 aliphatic carbocycles. The number of amides is 1. The van der Waals surface area contributed by atoms with Crippen LogP contribution in [0.5, 0.6) is 0 Å². The van der Waals surface area contributed by atoms with Crippen LogP contribution in [0.2, 0.25) is 0 Å². The van der Waals surface area contributed by atoms with Gasteiger partial charge in [0.25, 0.3) is 0 Å². The van der Waals surface area contributed by atoms with Gasteiger partial charge in [-0.25, -0.2) is 0 Å². The monoisotopic (exact) mass is 347 g/mol. The smallest absolute Gasteiger partial charge is 0.227 e. The van der Waals surface area contributed by atoms with E-state index in [1.54, 1.807) is 0 Å². The molecule has 3 aliphatic rings. The summed E-state index contributed by atoms with van der Waals surface area (Å²) in [6.07, 6.45) is 10.7. The van der Waals surface area contributed by atoms with E-state index < -0.39 is 0 Å². The van der Waals surface area contributed by atoms with Crippen LogP contribution >= 0.6 is 0 Å². The van der Waals surface area contributed by atoms with E-state index in [9.17, 15) is 4.79 Å². The van der Waals surface area contributed by atoms with E-state index in [-0.39, 0.29) is 17.4 Å². The zero-order chi connectivity index (χ0) is 17.3. The normalized spacial score (nSPS) is 27.9. The Morgan fingerprint density at radius 1 is 1.32 bits per heavy atom. The molecule has 25 heavy (non-hydrogen) atoms. The Morgan fingerprint density at radius 2 is 2.12 bits per heavy atom. The summed E-state index contributed by atoms with van der Waals surface area (Å²) in [5.41, 5.74) is 0.174. The number of carbonyl (C=O) groups is 1. The Labute approximate surface area is 149 Å². The Morgan fingerprint density at radius 3 is 2.84 bits per heavy atom. The number of carbonyl (C=O) groups excluding carboxylic acids is 1. The minimum Gasteiger partial charge on any atom is -0.378 e. The number of hydrogen-bond acceptors (Lipinski definition) is 5. The molecule has 0 unspecified atom stereocenters. The predicted octanol–water partition coefficient (Wildman–Crippen LogP) is 3.12. The van der Waals surface area contributed by atoms with Crippen LogP contribution in [-0.2, 0) is 16.0 Å². The van der Waals surface area contributed by atoms with Crippen LogP contribution in [0.25, 0.3) is 0 Å². The Hall–Kier alpha value is -1.43. The van der Waals surface area contributed by atoms with Crippen molar-refractivity contribution in [1.82, 2.24) is 15.5 Å². The van der Waals surface area contributed by atoms with E-state index in [2.05, 4.69) is 22.4 Å². The van der Waals surface area contributed by atoms with Gasteiger partial charge in [0.1, 0.15) is 0 Å². The van der Waals surface area contributed by atoms with Crippen molar-refractivity contribution in [2.24, 2.45) is 5.41 Å². The number of aromatic nitrogens is 2. The van der Waals surface area contributed by atoms with Crippen molar-refractivity contribution in [1.29, 1.82) is 0 Å². The Balaban J connectivity index is 1.29. The van der Waals surface area contributed by atoms with Crippen molar-refractivity contribution in [3.8, 4) is 0 Å². The molecular formula is C19H29N3O3. The van der Waals surface area contributed by atoms with E-state index in [0.717, 1.165) is 31.7 Å². The van der Waals surface area contributed by atoms with Gasteiger partial charge in [0.15, 0.2) is 5.82 Å². The zero-order valence-electron chi connectivity index (χ0n) is 15.1. The number of rotatable bonds is 7. The summed E-state index contributed by atoms with van der Waals surface area (Å²) in [7, 11) is 0. The molecule has 0 radical (unpaired) electrons. The summed E-state index contributed by atoms with van der Waals surface area (Å²) in [6.45, 7) is 2.82. The molecule has 4 rings (SSSR count). The van der Waals surface area contributed by atoms with Crippen LogP contribution in [0.3, 0.4) is 0 Å². The van der Waals surface area contributed by atoms with E-state index in [4.69, 9.17) is 9.26 Å². The molecule has 0 aromatic carbocycles. The van der Waals surface area contributed by atoms with Crippen LogP contribution in [0, 0.1) is 5.41 Å². The highest BCUT2D eigenvalue weighted by Gasteiger charge is 2.56. The summed E-state index contributed by atoms with van der Waals surface area (Å²) in [4.78, 5) is 16.8. The maximum absolute atomic E-state index is 12.4. The molecule has 1 spiro atoms. The Kier molecular flexibility index (Phi) is 4.80. The van der Waals surface area contributed by atoms with E-state index >= 15 is 0 Å². The minimum atomic E-state index is 0.0936.